The minimum atomic E-state index is 0.125. The number of fused-ring (bicyclic) bond motifs is 1. The fourth-order valence-corrected chi connectivity index (χ4v) is 3.21. The molecule has 0 bridgehead atoms. The Morgan fingerprint density at radius 1 is 1.30 bits per heavy atom. The molecule has 20 heavy (non-hydrogen) atoms. The number of hydrogen-bond donors (Lipinski definition) is 1. The summed E-state index contributed by atoms with van der Waals surface area (Å²) in [5.41, 5.74) is 2.33. The predicted molar refractivity (Wildman–Crippen MR) is 80.9 cm³/mol. The highest BCUT2D eigenvalue weighted by Gasteiger charge is 2.28. The van der Waals surface area contributed by atoms with Crippen LogP contribution in [0, 0.1) is 0 Å². The van der Waals surface area contributed by atoms with Crippen LogP contribution >= 0.6 is 0 Å². The molecule has 0 spiro atoms. The first-order chi connectivity index (χ1) is 9.75. The zero-order chi connectivity index (χ0) is 13.9. The maximum Gasteiger partial charge on any atom is 0.324 e. The Bertz CT molecular complexity index is 482. The third-order valence-electron chi connectivity index (χ3n) is 4.36. The smallest absolute Gasteiger partial charge is 0.323 e. The minimum Gasteiger partial charge on any atom is -0.323 e. The molecule has 0 saturated carbocycles. The van der Waals surface area contributed by atoms with Crippen LogP contribution in [0.15, 0.2) is 24.3 Å². The summed E-state index contributed by atoms with van der Waals surface area (Å²) in [5, 5.41) is 3.56. The molecular weight excluding hydrogens is 250 g/mol. The van der Waals surface area contributed by atoms with E-state index in [0.29, 0.717) is 12.6 Å². The SMILES string of the molecule is CN1Cc2ccccc2N(CCC2CCCCN2)C1=O. The first-order valence-electron chi connectivity index (χ1n) is 7.59. The van der Waals surface area contributed by atoms with Crippen LogP contribution in [0.5, 0.6) is 0 Å². The molecule has 108 valence electrons. The standard InChI is InChI=1S/C16H23N3O/c1-18-12-13-6-2-3-8-15(13)19(16(18)20)11-9-14-7-4-5-10-17-14/h2-3,6,8,14,17H,4-5,7,9-12H2,1H3. The molecule has 1 saturated heterocycles. The topological polar surface area (TPSA) is 35.6 Å². The Hall–Kier alpha value is -1.55. The largest absolute Gasteiger partial charge is 0.324 e. The molecule has 4 nitrogen and oxygen atoms in total. The number of hydrogen-bond acceptors (Lipinski definition) is 2. The van der Waals surface area contributed by atoms with E-state index in [1.54, 1.807) is 4.90 Å². The van der Waals surface area contributed by atoms with Crippen LogP contribution in [0.1, 0.15) is 31.2 Å². The number of nitrogens with one attached hydrogen (secondary N) is 1. The van der Waals surface area contributed by atoms with Gasteiger partial charge in [0.05, 0.1) is 5.69 Å². The molecule has 1 aromatic carbocycles. The van der Waals surface area contributed by atoms with E-state index in [1.165, 1.54) is 24.8 Å². The lowest BCUT2D eigenvalue weighted by molar-refractivity contribution is 0.209. The zero-order valence-corrected chi connectivity index (χ0v) is 12.1. The van der Waals surface area contributed by atoms with E-state index in [2.05, 4.69) is 17.4 Å². The van der Waals surface area contributed by atoms with Crippen molar-refractivity contribution in [3.8, 4) is 0 Å². The maximum atomic E-state index is 12.4. The van der Waals surface area contributed by atoms with E-state index in [0.717, 1.165) is 25.2 Å². The van der Waals surface area contributed by atoms with Gasteiger partial charge in [-0.25, -0.2) is 4.79 Å². The first-order valence-corrected chi connectivity index (χ1v) is 7.59. The highest BCUT2D eigenvalue weighted by molar-refractivity contribution is 5.94. The molecule has 2 aliphatic rings. The van der Waals surface area contributed by atoms with Crippen molar-refractivity contribution in [1.82, 2.24) is 10.2 Å². The summed E-state index contributed by atoms with van der Waals surface area (Å²) in [5.74, 6) is 0. The number of para-hydroxylation sites is 1. The van der Waals surface area contributed by atoms with Crippen LogP contribution in [-0.2, 0) is 6.54 Å². The number of nitrogens with zero attached hydrogens (tertiary/aromatic N) is 2. The van der Waals surface area contributed by atoms with Gasteiger partial charge < -0.3 is 10.2 Å². The van der Waals surface area contributed by atoms with Gasteiger partial charge in [0.1, 0.15) is 0 Å². The number of carbonyl (C=O) groups is 1. The Morgan fingerprint density at radius 3 is 2.95 bits per heavy atom. The molecule has 0 aromatic heterocycles. The summed E-state index contributed by atoms with van der Waals surface area (Å²) < 4.78 is 0. The second kappa shape index (κ2) is 5.83. The summed E-state index contributed by atoms with van der Waals surface area (Å²) in [7, 11) is 1.88. The van der Waals surface area contributed by atoms with Crippen LogP contribution < -0.4 is 10.2 Å². The van der Waals surface area contributed by atoms with E-state index < -0.39 is 0 Å². The fraction of sp³-hybridized carbons (Fsp3) is 0.562. The fourth-order valence-electron chi connectivity index (χ4n) is 3.21. The molecule has 1 unspecified atom stereocenters. The van der Waals surface area contributed by atoms with Crippen molar-refractivity contribution in [2.24, 2.45) is 0 Å². The predicted octanol–water partition coefficient (Wildman–Crippen LogP) is 2.59. The van der Waals surface area contributed by atoms with Gasteiger partial charge in [0.25, 0.3) is 0 Å². The second-order valence-corrected chi connectivity index (χ2v) is 5.85. The molecular formula is C16H23N3O. The Kier molecular flexibility index (Phi) is 3.92. The van der Waals surface area contributed by atoms with Gasteiger partial charge in [0, 0.05) is 26.2 Å². The summed E-state index contributed by atoms with van der Waals surface area (Å²) in [4.78, 5) is 16.1. The van der Waals surface area contributed by atoms with Crippen LogP contribution in [0.25, 0.3) is 0 Å². The van der Waals surface area contributed by atoms with Gasteiger partial charge in [-0.1, -0.05) is 24.6 Å². The molecule has 4 heteroatoms. The Labute approximate surface area is 120 Å². The van der Waals surface area contributed by atoms with E-state index in [4.69, 9.17) is 0 Å². The maximum absolute atomic E-state index is 12.4. The average molecular weight is 273 g/mol. The normalized spacial score (nSPS) is 22.9. The zero-order valence-electron chi connectivity index (χ0n) is 12.1. The van der Waals surface area contributed by atoms with Crippen LogP contribution in [-0.4, -0.2) is 37.1 Å². The molecule has 1 fully saturated rings. The molecule has 0 aliphatic carbocycles. The van der Waals surface area contributed by atoms with Gasteiger partial charge in [-0.15, -0.1) is 0 Å². The number of piperidine rings is 1. The number of urea groups is 1. The number of anilines is 1. The molecule has 0 radical (unpaired) electrons. The lowest BCUT2D eigenvalue weighted by Gasteiger charge is -2.36. The van der Waals surface area contributed by atoms with Gasteiger partial charge in [-0.3, -0.25) is 4.90 Å². The third kappa shape index (κ3) is 2.66. The number of carbonyl (C=O) groups excluding carboxylic acids is 1. The van der Waals surface area contributed by atoms with E-state index in [-0.39, 0.29) is 6.03 Å². The van der Waals surface area contributed by atoms with Gasteiger partial charge >= 0.3 is 6.03 Å². The highest BCUT2D eigenvalue weighted by atomic mass is 16.2. The van der Waals surface area contributed by atoms with Crippen LogP contribution in [0.2, 0.25) is 0 Å². The van der Waals surface area contributed by atoms with Crippen molar-refractivity contribution in [2.75, 3.05) is 25.0 Å². The molecule has 2 heterocycles. The Balaban J connectivity index is 1.72. The van der Waals surface area contributed by atoms with Crippen molar-refractivity contribution in [3.05, 3.63) is 29.8 Å². The second-order valence-electron chi connectivity index (χ2n) is 5.85. The van der Waals surface area contributed by atoms with Gasteiger partial charge in [0.2, 0.25) is 0 Å². The summed E-state index contributed by atoms with van der Waals surface area (Å²) in [6.45, 7) is 2.64. The molecule has 1 atom stereocenters. The van der Waals surface area contributed by atoms with E-state index in [9.17, 15) is 4.79 Å². The molecule has 3 rings (SSSR count). The molecule has 1 aromatic rings. The molecule has 2 aliphatic heterocycles. The van der Waals surface area contributed by atoms with E-state index in [1.807, 2.05) is 24.1 Å². The molecule has 2 amide bonds. The third-order valence-corrected chi connectivity index (χ3v) is 4.36. The monoisotopic (exact) mass is 273 g/mol. The van der Waals surface area contributed by atoms with Crippen LogP contribution in [0.4, 0.5) is 10.5 Å². The minimum absolute atomic E-state index is 0.125. The molecule has 1 N–H and O–H groups in total. The van der Waals surface area contributed by atoms with E-state index >= 15 is 0 Å². The summed E-state index contributed by atoms with van der Waals surface area (Å²) >= 11 is 0. The van der Waals surface area contributed by atoms with Crippen molar-refractivity contribution in [2.45, 2.75) is 38.3 Å². The Morgan fingerprint density at radius 2 is 2.15 bits per heavy atom. The van der Waals surface area contributed by atoms with Gasteiger partial charge in [-0.05, 0) is 37.4 Å². The van der Waals surface area contributed by atoms with Crippen molar-refractivity contribution < 1.29 is 4.79 Å². The number of rotatable bonds is 3. The quantitative estimate of drug-likeness (QED) is 0.919. The summed E-state index contributed by atoms with van der Waals surface area (Å²) in [6, 6.07) is 8.93. The van der Waals surface area contributed by atoms with Crippen molar-refractivity contribution >= 4 is 11.7 Å². The van der Waals surface area contributed by atoms with Crippen LogP contribution in [0.3, 0.4) is 0 Å². The van der Waals surface area contributed by atoms with Gasteiger partial charge in [-0.2, -0.15) is 0 Å². The highest BCUT2D eigenvalue weighted by Crippen LogP contribution is 2.28. The summed E-state index contributed by atoms with van der Waals surface area (Å²) in [6.07, 6.45) is 4.86. The van der Waals surface area contributed by atoms with Crippen molar-refractivity contribution in [3.63, 3.8) is 0 Å². The number of benzene rings is 1. The number of amides is 2. The van der Waals surface area contributed by atoms with Gasteiger partial charge in [0.15, 0.2) is 0 Å². The average Bonchev–Trinajstić information content (AvgIpc) is 2.49. The first kappa shape index (κ1) is 13.4. The lowest BCUT2D eigenvalue weighted by Crippen LogP contribution is -2.47. The van der Waals surface area contributed by atoms with Crippen molar-refractivity contribution in [1.29, 1.82) is 0 Å². The lowest BCUT2D eigenvalue weighted by atomic mass is 10.0.